The Balaban J connectivity index is 1.77. The molecule has 0 aliphatic carbocycles. The maximum absolute atomic E-state index is 12.4. The van der Waals surface area contributed by atoms with E-state index in [0.29, 0.717) is 0 Å². The van der Waals surface area contributed by atoms with Crippen LogP contribution < -0.4 is 0 Å². The first-order valence-corrected chi connectivity index (χ1v) is 7.43. The number of aromatic hydroxyl groups is 1. The van der Waals surface area contributed by atoms with Crippen LogP contribution in [-0.2, 0) is 0 Å². The summed E-state index contributed by atoms with van der Waals surface area (Å²) in [5.74, 6) is 0.391. The SMILES string of the molecule is O=C(c1ccc(-c2ccc(O)cc2)cc1)N1CCCCC1. The van der Waals surface area contributed by atoms with Crippen molar-refractivity contribution in [2.75, 3.05) is 13.1 Å². The Morgan fingerprint density at radius 2 is 1.33 bits per heavy atom. The third-order valence-corrected chi connectivity index (χ3v) is 3.98. The van der Waals surface area contributed by atoms with E-state index in [1.54, 1.807) is 12.1 Å². The Hall–Kier alpha value is -2.29. The molecule has 0 saturated carbocycles. The highest BCUT2D eigenvalue weighted by atomic mass is 16.3. The summed E-state index contributed by atoms with van der Waals surface area (Å²) in [5.41, 5.74) is 2.83. The lowest BCUT2D eigenvalue weighted by atomic mass is 10.0. The molecule has 21 heavy (non-hydrogen) atoms. The number of piperidine rings is 1. The second kappa shape index (κ2) is 6.00. The molecule has 0 bridgehead atoms. The molecule has 2 aromatic rings. The van der Waals surface area contributed by atoms with Crippen molar-refractivity contribution in [3.8, 4) is 16.9 Å². The van der Waals surface area contributed by atoms with Gasteiger partial charge in [-0.25, -0.2) is 0 Å². The summed E-state index contributed by atoms with van der Waals surface area (Å²) in [6.07, 6.45) is 3.44. The Labute approximate surface area is 124 Å². The van der Waals surface area contributed by atoms with Crippen LogP contribution in [0.1, 0.15) is 29.6 Å². The fraction of sp³-hybridized carbons (Fsp3) is 0.278. The molecule has 3 heteroatoms. The van der Waals surface area contributed by atoms with Crippen LogP contribution in [0.4, 0.5) is 0 Å². The van der Waals surface area contributed by atoms with E-state index in [0.717, 1.165) is 42.6 Å². The summed E-state index contributed by atoms with van der Waals surface area (Å²) in [5, 5.41) is 9.31. The van der Waals surface area contributed by atoms with Crippen molar-refractivity contribution < 1.29 is 9.90 Å². The molecule has 0 spiro atoms. The van der Waals surface area contributed by atoms with Gasteiger partial charge in [-0.15, -0.1) is 0 Å². The molecular formula is C18H19NO2. The molecule has 3 nitrogen and oxygen atoms in total. The first-order chi connectivity index (χ1) is 10.2. The highest BCUT2D eigenvalue weighted by Gasteiger charge is 2.17. The summed E-state index contributed by atoms with van der Waals surface area (Å²) in [6.45, 7) is 1.75. The Morgan fingerprint density at radius 3 is 1.90 bits per heavy atom. The van der Waals surface area contributed by atoms with Gasteiger partial charge in [-0.3, -0.25) is 4.79 Å². The fourth-order valence-corrected chi connectivity index (χ4v) is 2.74. The topological polar surface area (TPSA) is 40.5 Å². The zero-order valence-corrected chi connectivity index (χ0v) is 12.0. The third kappa shape index (κ3) is 3.07. The van der Waals surface area contributed by atoms with Crippen LogP contribution in [0.2, 0.25) is 0 Å². The van der Waals surface area contributed by atoms with Gasteiger partial charge in [0.25, 0.3) is 5.91 Å². The fourth-order valence-electron chi connectivity index (χ4n) is 2.74. The largest absolute Gasteiger partial charge is 0.508 e. The average Bonchev–Trinajstić information content (AvgIpc) is 2.56. The van der Waals surface area contributed by atoms with Gasteiger partial charge in [0, 0.05) is 18.7 Å². The van der Waals surface area contributed by atoms with E-state index >= 15 is 0 Å². The molecule has 0 atom stereocenters. The summed E-state index contributed by atoms with van der Waals surface area (Å²) < 4.78 is 0. The van der Waals surface area contributed by atoms with Crippen LogP contribution in [-0.4, -0.2) is 29.0 Å². The van der Waals surface area contributed by atoms with Crippen LogP contribution in [0.25, 0.3) is 11.1 Å². The highest BCUT2D eigenvalue weighted by molar-refractivity contribution is 5.94. The Bertz CT molecular complexity index is 611. The number of hydrogen-bond acceptors (Lipinski definition) is 2. The van der Waals surface area contributed by atoms with Gasteiger partial charge in [-0.2, -0.15) is 0 Å². The standard InChI is InChI=1S/C18H19NO2/c20-17-10-8-15(9-11-17)14-4-6-16(7-5-14)18(21)19-12-2-1-3-13-19/h4-11,20H,1-3,12-13H2. The summed E-state index contributed by atoms with van der Waals surface area (Å²) >= 11 is 0. The smallest absolute Gasteiger partial charge is 0.253 e. The van der Waals surface area contributed by atoms with Crippen molar-refractivity contribution >= 4 is 5.91 Å². The van der Waals surface area contributed by atoms with Crippen LogP contribution in [0.5, 0.6) is 5.75 Å². The minimum atomic E-state index is 0.131. The minimum Gasteiger partial charge on any atom is -0.508 e. The van der Waals surface area contributed by atoms with Crippen molar-refractivity contribution in [2.24, 2.45) is 0 Å². The van der Waals surface area contributed by atoms with E-state index in [-0.39, 0.29) is 11.7 Å². The van der Waals surface area contributed by atoms with Crippen LogP contribution in [0.3, 0.4) is 0 Å². The van der Waals surface area contributed by atoms with Crippen LogP contribution in [0.15, 0.2) is 48.5 Å². The van der Waals surface area contributed by atoms with Gasteiger partial charge in [0.15, 0.2) is 0 Å². The second-order valence-corrected chi connectivity index (χ2v) is 5.48. The molecule has 1 aliphatic heterocycles. The van der Waals surface area contributed by atoms with E-state index in [4.69, 9.17) is 0 Å². The Morgan fingerprint density at radius 1 is 0.810 bits per heavy atom. The summed E-state index contributed by atoms with van der Waals surface area (Å²) in [7, 11) is 0. The van der Waals surface area contributed by atoms with Gasteiger partial charge >= 0.3 is 0 Å². The predicted molar refractivity (Wildman–Crippen MR) is 83.3 cm³/mol. The van der Waals surface area contributed by atoms with Gasteiger partial charge < -0.3 is 10.0 Å². The van der Waals surface area contributed by atoms with Crippen molar-refractivity contribution in [3.05, 3.63) is 54.1 Å². The maximum atomic E-state index is 12.4. The van der Waals surface area contributed by atoms with Crippen LogP contribution >= 0.6 is 0 Å². The number of nitrogens with zero attached hydrogens (tertiary/aromatic N) is 1. The number of hydrogen-bond donors (Lipinski definition) is 1. The number of carbonyl (C=O) groups is 1. The van der Waals surface area contributed by atoms with Crippen molar-refractivity contribution in [3.63, 3.8) is 0 Å². The maximum Gasteiger partial charge on any atom is 0.253 e. The number of rotatable bonds is 2. The number of amides is 1. The third-order valence-electron chi connectivity index (χ3n) is 3.98. The van der Waals surface area contributed by atoms with Gasteiger partial charge in [0.05, 0.1) is 0 Å². The molecule has 0 unspecified atom stereocenters. The number of phenolic OH excluding ortho intramolecular Hbond substituents is 1. The average molecular weight is 281 g/mol. The zero-order valence-electron chi connectivity index (χ0n) is 12.0. The van der Waals surface area contributed by atoms with Gasteiger partial charge in [0.2, 0.25) is 0 Å². The summed E-state index contributed by atoms with van der Waals surface area (Å²) in [4.78, 5) is 14.3. The number of carbonyl (C=O) groups excluding carboxylic acids is 1. The Kier molecular flexibility index (Phi) is 3.91. The molecule has 2 aromatic carbocycles. The van der Waals surface area contributed by atoms with E-state index in [1.807, 2.05) is 41.3 Å². The molecule has 1 amide bonds. The molecule has 0 radical (unpaired) electrons. The predicted octanol–water partition coefficient (Wildman–Crippen LogP) is 3.69. The van der Waals surface area contributed by atoms with Crippen molar-refractivity contribution in [1.82, 2.24) is 4.90 Å². The zero-order chi connectivity index (χ0) is 14.7. The lowest BCUT2D eigenvalue weighted by molar-refractivity contribution is 0.0724. The molecule has 1 N–H and O–H groups in total. The molecule has 3 rings (SSSR count). The van der Waals surface area contributed by atoms with Crippen molar-refractivity contribution in [1.29, 1.82) is 0 Å². The monoisotopic (exact) mass is 281 g/mol. The lowest BCUT2D eigenvalue weighted by Crippen LogP contribution is -2.35. The number of likely N-dealkylation sites (tertiary alicyclic amines) is 1. The van der Waals surface area contributed by atoms with E-state index in [1.165, 1.54) is 6.42 Å². The lowest BCUT2D eigenvalue weighted by Gasteiger charge is -2.26. The second-order valence-electron chi connectivity index (χ2n) is 5.48. The van der Waals surface area contributed by atoms with Gasteiger partial charge in [0.1, 0.15) is 5.75 Å². The molecular weight excluding hydrogens is 262 g/mol. The minimum absolute atomic E-state index is 0.131. The summed E-state index contributed by atoms with van der Waals surface area (Å²) in [6, 6.07) is 14.8. The van der Waals surface area contributed by atoms with Crippen LogP contribution in [0, 0.1) is 0 Å². The molecule has 1 saturated heterocycles. The van der Waals surface area contributed by atoms with Gasteiger partial charge in [-0.1, -0.05) is 24.3 Å². The highest BCUT2D eigenvalue weighted by Crippen LogP contribution is 2.23. The number of phenols is 1. The van der Waals surface area contributed by atoms with E-state index in [2.05, 4.69) is 0 Å². The van der Waals surface area contributed by atoms with Crippen molar-refractivity contribution in [2.45, 2.75) is 19.3 Å². The first-order valence-electron chi connectivity index (χ1n) is 7.43. The first kappa shape index (κ1) is 13.7. The van der Waals surface area contributed by atoms with E-state index in [9.17, 15) is 9.90 Å². The molecule has 1 aliphatic rings. The number of benzene rings is 2. The molecule has 0 aromatic heterocycles. The van der Waals surface area contributed by atoms with E-state index < -0.39 is 0 Å². The molecule has 108 valence electrons. The van der Waals surface area contributed by atoms with Gasteiger partial charge in [-0.05, 0) is 54.7 Å². The quantitative estimate of drug-likeness (QED) is 0.912. The molecule has 1 heterocycles. The molecule has 1 fully saturated rings. The normalized spacial score (nSPS) is 15.0.